The lowest BCUT2D eigenvalue weighted by atomic mass is 10.1. The van der Waals surface area contributed by atoms with Crippen LogP contribution in [0, 0.1) is 0 Å². The lowest BCUT2D eigenvalue weighted by molar-refractivity contribution is 0.207. The molecule has 2 amide bonds. The van der Waals surface area contributed by atoms with Gasteiger partial charge in [-0.25, -0.2) is 4.79 Å². The van der Waals surface area contributed by atoms with Crippen molar-refractivity contribution in [3.63, 3.8) is 0 Å². The van der Waals surface area contributed by atoms with Gasteiger partial charge in [0.1, 0.15) is 11.5 Å². The quantitative estimate of drug-likeness (QED) is 0.850. The average Bonchev–Trinajstić information content (AvgIpc) is 2.62. The van der Waals surface area contributed by atoms with Gasteiger partial charge in [0.2, 0.25) is 0 Å². The predicted molar refractivity (Wildman–Crippen MR) is 94.6 cm³/mol. The van der Waals surface area contributed by atoms with E-state index in [1.807, 2.05) is 48.5 Å². The first-order valence-corrected chi connectivity index (χ1v) is 7.87. The third-order valence-corrected chi connectivity index (χ3v) is 3.75. The monoisotopic (exact) mass is 328 g/mol. The Morgan fingerprint density at radius 3 is 2.38 bits per heavy atom. The number of carbonyl (C=O) groups is 1. The van der Waals surface area contributed by atoms with Gasteiger partial charge in [-0.05, 0) is 41.8 Å². The minimum atomic E-state index is -0.0914. The van der Waals surface area contributed by atoms with Crippen LogP contribution in [0.25, 0.3) is 0 Å². The first-order valence-electron chi connectivity index (χ1n) is 7.87. The van der Waals surface area contributed by atoms with Gasteiger partial charge in [0, 0.05) is 20.1 Å². The van der Waals surface area contributed by atoms with Crippen molar-refractivity contribution in [3.8, 4) is 11.5 Å². The van der Waals surface area contributed by atoms with Gasteiger partial charge in [0.05, 0.1) is 14.2 Å². The van der Waals surface area contributed by atoms with Crippen molar-refractivity contribution >= 4 is 6.03 Å². The summed E-state index contributed by atoms with van der Waals surface area (Å²) in [6.07, 6.45) is 0.780. The van der Waals surface area contributed by atoms with Crippen LogP contribution < -0.4 is 14.8 Å². The fourth-order valence-electron chi connectivity index (χ4n) is 2.36. The molecule has 0 saturated heterocycles. The van der Waals surface area contributed by atoms with Crippen LogP contribution in [-0.2, 0) is 13.0 Å². The molecule has 0 aliphatic carbocycles. The number of ether oxygens (including phenoxy) is 2. The van der Waals surface area contributed by atoms with E-state index in [1.54, 1.807) is 26.2 Å². The van der Waals surface area contributed by atoms with Crippen LogP contribution in [0.3, 0.4) is 0 Å². The van der Waals surface area contributed by atoms with E-state index in [9.17, 15) is 4.79 Å². The fourth-order valence-corrected chi connectivity index (χ4v) is 2.36. The normalized spacial score (nSPS) is 10.1. The SMILES string of the molecule is COc1ccc(CCNC(=O)N(C)Cc2cccc(OC)c2)cc1. The largest absolute Gasteiger partial charge is 0.497 e. The van der Waals surface area contributed by atoms with Crippen molar-refractivity contribution in [2.75, 3.05) is 27.8 Å². The maximum atomic E-state index is 12.2. The highest BCUT2D eigenvalue weighted by atomic mass is 16.5. The molecule has 2 aromatic rings. The second kappa shape index (κ2) is 8.82. The summed E-state index contributed by atoms with van der Waals surface area (Å²) in [4.78, 5) is 13.8. The number of benzene rings is 2. The number of amides is 2. The van der Waals surface area contributed by atoms with Gasteiger partial charge in [0.25, 0.3) is 0 Å². The van der Waals surface area contributed by atoms with Crippen molar-refractivity contribution in [1.82, 2.24) is 10.2 Å². The molecule has 0 bridgehead atoms. The van der Waals surface area contributed by atoms with Crippen molar-refractivity contribution in [3.05, 3.63) is 59.7 Å². The molecule has 5 nitrogen and oxygen atoms in total. The highest BCUT2D eigenvalue weighted by molar-refractivity contribution is 5.73. The lowest BCUT2D eigenvalue weighted by Crippen LogP contribution is -2.37. The molecule has 0 aromatic heterocycles. The third kappa shape index (κ3) is 5.19. The van der Waals surface area contributed by atoms with Crippen molar-refractivity contribution in [1.29, 1.82) is 0 Å². The molecule has 128 valence electrons. The number of nitrogens with one attached hydrogen (secondary N) is 1. The molecule has 0 saturated carbocycles. The molecular formula is C19H24N2O3. The zero-order chi connectivity index (χ0) is 17.4. The van der Waals surface area contributed by atoms with Crippen molar-refractivity contribution in [2.24, 2.45) is 0 Å². The Morgan fingerprint density at radius 2 is 1.71 bits per heavy atom. The average molecular weight is 328 g/mol. The Hall–Kier alpha value is -2.69. The molecule has 0 aliphatic rings. The first-order chi connectivity index (χ1) is 11.6. The summed E-state index contributed by atoms with van der Waals surface area (Å²) in [5.41, 5.74) is 2.19. The van der Waals surface area contributed by atoms with Crippen LogP contribution in [0.5, 0.6) is 11.5 Å². The van der Waals surface area contributed by atoms with Gasteiger partial charge in [0.15, 0.2) is 0 Å². The smallest absolute Gasteiger partial charge is 0.317 e. The minimum absolute atomic E-state index is 0.0914. The molecule has 5 heteroatoms. The summed E-state index contributed by atoms with van der Waals surface area (Å²) in [6.45, 7) is 1.12. The second-order valence-corrected chi connectivity index (χ2v) is 5.54. The molecule has 0 spiro atoms. The Balaban J connectivity index is 1.78. The van der Waals surface area contributed by atoms with Gasteiger partial charge < -0.3 is 19.7 Å². The van der Waals surface area contributed by atoms with Gasteiger partial charge >= 0.3 is 6.03 Å². The first kappa shape index (κ1) is 17.7. The lowest BCUT2D eigenvalue weighted by Gasteiger charge is -2.18. The summed E-state index contributed by atoms with van der Waals surface area (Å²) in [5.74, 6) is 1.63. The minimum Gasteiger partial charge on any atom is -0.497 e. The Labute approximate surface area is 143 Å². The summed E-state index contributed by atoms with van der Waals surface area (Å²) in [7, 11) is 5.06. The van der Waals surface area contributed by atoms with Crippen LogP contribution in [0.15, 0.2) is 48.5 Å². The number of nitrogens with zero attached hydrogens (tertiary/aromatic N) is 1. The zero-order valence-corrected chi connectivity index (χ0v) is 14.4. The molecular weight excluding hydrogens is 304 g/mol. The molecule has 24 heavy (non-hydrogen) atoms. The Bertz CT molecular complexity index is 656. The van der Waals surface area contributed by atoms with Crippen LogP contribution in [-0.4, -0.2) is 38.7 Å². The highest BCUT2D eigenvalue weighted by Crippen LogP contribution is 2.14. The standard InChI is InChI=1S/C19H24N2O3/c1-21(14-16-5-4-6-18(13-16)24-3)19(22)20-12-11-15-7-9-17(23-2)10-8-15/h4-10,13H,11-12,14H2,1-3H3,(H,20,22). The number of carbonyl (C=O) groups excluding carboxylic acids is 1. The van der Waals surface area contributed by atoms with E-state index < -0.39 is 0 Å². The van der Waals surface area contributed by atoms with Crippen LogP contribution in [0.2, 0.25) is 0 Å². The molecule has 0 atom stereocenters. The molecule has 0 heterocycles. The molecule has 0 radical (unpaired) electrons. The van der Waals surface area contributed by atoms with E-state index >= 15 is 0 Å². The number of urea groups is 1. The van der Waals surface area contributed by atoms with E-state index in [-0.39, 0.29) is 6.03 Å². The zero-order valence-electron chi connectivity index (χ0n) is 14.4. The van der Waals surface area contributed by atoms with E-state index in [0.29, 0.717) is 13.1 Å². The van der Waals surface area contributed by atoms with Gasteiger partial charge in [-0.3, -0.25) is 0 Å². The van der Waals surface area contributed by atoms with Crippen LogP contribution in [0.1, 0.15) is 11.1 Å². The van der Waals surface area contributed by atoms with Gasteiger partial charge in [-0.15, -0.1) is 0 Å². The highest BCUT2D eigenvalue weighted by Gasteiger charge is 2.09. The number of methoxy groups -OCH3 is 2. The van der Waals surface area contributed by atoms with Gasteiger partial charge in [-0.2, -0.15) is 0 Å². The maximum Gasteiger partial charge on any atom is 0.317 e. The summed E-state index contributed by atoms with van der Waals surface area (Å²) in [5, 5.41) is 2.93. The number of hydrogen-bond acceptors (Lipinski definition) is 3. The summed E-state index contributed by atoms with van der Waals surface area (Å²) in [6, 6.07) is 15.5. The molecule has 1 N–H and O–H groups in total. The molecule has 0 fully saturated rings. The van der Waals surface area contributed by atoms with Crippen LogP contribution >= 0.6 is 0 Å². The Morgan fingerprint density at radius 1 is 1.00 bits per heavy atom. The van der Waals surface area contributed by atoms with Crippen LogP contribution in [0.4, 0.5) is 4.79 Å². The van der Waals surface area contributed by atoms with Crippen molar-refractivity contribution < 1.29 is 14.3 Å². The molecule has 2 rings (SSSR count). The van der Waals surface area contributed by atoms with E-state index in [4.69, 9.17) is 9.47 Å². The molecule has 2 aromatic carbocycles. The number of rotatable bonds is 7. The van der Waals surface area contributed by atoms with E-state index in [2.05, 4.69) is 5.32 Å². The second-order valence-electron chi connectivity index (χ2n) is 5.54. The van der Waals surface area contributed by atoms with E-state index in [1.165, 1.54) is 0 Å². The summed E-state index contributed by atoms with van der Waals surface area (Å²) >= 11 is 0. The topological polar surface area (TPSA) is 50.8 Å². The Kier molecular flexibility index (Phi) is 6.49. The van der Waals surface area contributed by atoms with Gasteiger partial charge in [-0.1, -0.05) is 24.3 Å². The molecule has 0 unspecified atom stereocenters. The molecule has 0 aliphatic heterocycles. The maximum absolute atomic E-state index is 12.2. The fraction of sp³-hybridized carbons (Fsp3) is 0.316. The van der Waals surface area contributed by atoms with E-state index in [0.717, 1.165) is 29.0 Å². The van der Waals surface area contributed by atoms with Crippen molar-refractivity contribution in [2.45, 2.75) is 13.0 Å². The third-order valence-electron chi connectivity index (χ3n) is 3.75. The number of hydrogen-bond donors (Lipinski definition) is 1. The summed E-state index contributed by atoms with van der Waals surface area (Å²) < 4.78 is 10.3. The predicted octanol–water partition coefficient (Wildman–Crippen LogP) is 3.09.